The molecule has 0 spiro atoms. The predicted molar refractivity (Wildman–Crippen MR) is 113 cm³/mol. The second-order valence-electron chi connectivity index (χ2n) is 7.55. The van der Waals surface area contributed by atoms with Crippen LogP contribution in [-0.2, 0) is 19.5 Å². The number of thiazole rings is 1. The third kappa shape index (κ3) is 4.11. The summed E-state index contributed by atoms with van der Waals surface area (Å²) in [5.74, 6) is 0.599. The summed E-state index contributed by atoms with van der Waals surface area (Å²) >= 11 is 1.67. The standard InChI is InChI=1S/C22H22FN5S/c23-17-6-4-15(5-7-17)22-26-12-18(29-22)14-28-10-8-19-16(13-28)11-25-21(27-19)20-3-1-2-9-24-20/h4-7,11-12H,1-3,8-10,13-14H2. The van der Waals surface area contributed by atoms with Gasteiger partial charge in [0.2, 0.25) is 0 Å². The summed E-state index contributed by atoms with van der Waals surface area (Å²) in [4.78, 5) is 22.2. The van der Waals surface area contributed by atoms with Crippen molar-refractivity contribution in [1.29, 1.82) is 0 Å². The van der Waals surface area contributed by atoms with Gasteiger partial charge in [0.1, 0.15) is 10.8 Å². The van der Waals surface area contributed by atoms with Crippen LogP contribution in [0, 0.1) is 5.82 Å². The maximum atomic E-state index is 13.1. The van der Waals surface area contributed by atoms with Gasteiger partial charge in [-0.3, -0.25) is 9.89 Å². The van der Waals surface area contributed by atoms with Crippen LogP contribution in [0.2, 0.25) is 0 Å². The van der Waals surface area contributed by atoms with Gasteiger partial charge in [-0.15, -0.1) is 11.3 Å². The topological polar surface area (TPSA) is 54.3 Å². The lowest BCUT2D eigenvalue weighted by Gasteiger charge is -2.27. The Labute approximate surface area is 173 Å². The molecular weight excluding hydrogens is 385 g/mol. The minimum atomic E-state index is -0.224. The van der Waals surface area contributed by atoms with Crippen LogP contribution < -0.4 is 0 Å². The highest BCUT2D eigenvalue weighted by Crippen LogP contribution is 2.27. The molecule has 2 aliphatic heterocycles. The van der Waals surface area contributed by atoms with Gasteiger partial charge in [0.25, 0.3) is 0 Å². The van der Waals surface area contributed by atoms with E-state index in [4.69, 9.17) is 4.98 Å². The van der Waals surface area contributed by atoms with Gasteiger partial charge in [0, 0.05) is 61.0 Å². The minimum Gasteiger partial charge on any atom is -0.293 e. The molecule has 0 radical (unpaired) electrons. The van der Waals surface area contributed by atoms with Crippen molar-refractivity contribution in [1.82, 2.24) is 19.9 Å². The zero-order chi connectivity index (χ0) is 19.6. The van der Waals surface area contributed by atoms with Crippen LogP contribution in [-0.4, -0.2) is 38.7 Å². The Morgan fingerprint density at radius 2 is 1.93 bits per heavy atom. The fraction of sp³-hybridized carbons (Fsp3) is 0.364. The van der Waals surface area contributed by atoms with E-state index in [-0.39, 0.29) is 5.82 Å². The quantitative estimate of drug-likeness (QED) is 0.648. The van der Waals surface area contributed by atoms with Crippen molar-refractivity contribution in [2.45, 2.75) is 38.8 Å². The van der Waals surface area contributed by atoms with E-state index >= 15 is 0 Å². The van der Waals surface area contributed by atoms with E-state index in [0.29, 0.717) is 0 Å². The van der Waals surface area contributed by atoms with E-state index in [0.717, 1.165) is 66.8 Å². The van der Waals surface area contributed by atoms with Crippen molar-refractivity contribution in [2.75, 3.05) is 13.1 Å². The summed E-state index contributed by atoms with van der Waals surface area (Å²) in [6.45, 7) is 3.58. The van der Waals surface area contributed by atoms with Gasteiger partial charge in [0.05, 0.1) is 11.4 Å². The van der Waals surface area contributed by atoms with Crippen LogP contribution in [0.15, 0.2) is 41.7 Å². The van der Waals surface area contributed by atoms with Gasteiger partial charge >= 0.3 is 0 Å². The smallest absolute Gasteiger partial charge is 0.173 e. The summed E-state index contributed by atoms with van der Waals surface area (Å²) in [7, 11) is 0. The van der Waals surface area contributed by atoms with Crippen molar-refractivity contribution in [2.24, 2.45) is 4.99 Å². The van der Waals surface area contributed by atoms with E-state index in [2.05, 4.69) is 19.9 Å². The first kappa shape index (κ1) is 18.5. The normalized spacial score (nSPS) is 17.1. The summed E-state index contributed by atoms with van der Waals surface area (Å²) < 4.78 is 13.1. The third-order valence-corrected chi connectivity index (χ3v) is 6.45. The van der Waals surface area contributed by atoms with E-state index < -0.39 is 0 Å². The van der Waals surface area contributed by atoms with Gasteiger partial charge in [-0.05, 0) is 43.5 Å². The van der Waals surface area contributed by atoms with Crippen molar-refractivity contribution in [3.05, 3.63) is 64.4 Å². The Balaban J connectivity index is 1.27. The monoisotopic (exact) mass is 407 g/mol. The summed E-state index contributed by atoms with van der Waals surface area (Å²) in [5, 5.41) is 0.929. The van der Waals surface area contributed by atoms with Gasteiger partial charge in [-0.25, -0.2) is 19.3 Å². The van der Waals surface area contributed by atoms with Crippen LogP contribution >= 0.6 is 11.3 Å². The molecule has 2 aliphatic rings. The highest BCUT2D eigenvalue weighted by atomic mass is 32.1. The van der Waals surface area contributed by atoms with Gasteiger partial charge in [-0.2, -0.15) is 0 Å². The first-order valence-electron chi connectivity index (χ1n) is 10.1. The molecule has 148 valence electrons. The van der Waals surface area contributed by atoms with E-state index in [1.54, 1.807) is 23.5 Å². The van der Waals surface area contributed by atoms with E-state index in [1.807, 2.05) is 12.4 Å². The molecule has 7 heteroatoms. The molecule has 0 fully saturated rings. The Hall–Kier alpha value is -2.51. The number of rotatable bonds is 4. The molecule has 29 heavy (non-hydrogen) atoms. The lowest BCUT2D eigenvalue weighted by molar-refractivity contribution is 0.245. The molecule has 0 N–H and O–H groups in total. The fourth-order valence-electron chi connectivity index (χ4n) is 3.86. The lowest BCUT2D eigenvalue weighted by Crippen LogP contribution is -2.31. The number of halogens is 1. The SMILES string of the molecule is Fc1ccc(-c2ncc(CN3CCc4nc(C5=NCCCC5)ncc4C3)s2)cc1. The fourth-order valence-corrected chi connectivity index (χ4v) is 4.82. The molecule has 4 heterocycles. The van der Waals surface area contributed by atoms with Crippen LogP contribution in [0.1, 0.15) is 41.2 Å². The predicted octanol–water partition coefficient (Wildman–Crippen LogP) is 4.27. The zero-order valence-electron chi connectivity index (χ0n) is 16.1. The van der Waals surface area contributed by atoms with Crippen molar-refractivity contribution >= 4 is 17.0 Å². The second kappa shape index (κ2) is 8.08. The zero-order valence-corrected chi connectivity index (χ0v) is 17.0. The van der Waals surface area contributed by atoms with Gasteiger partial charge < -0.3 is 0 Å². The summed E-state index contributed by atoms with van der Waals surface area (Å²) in [6.07, 6.45) is 8.19. The Morgan fingerprint density at radius 1 is 1.03 bits per heavy atom. The summed E-state index contributed by atoms with van der Waals surface area (Å²) in [5.41, 5.74) is 4.40. The molecule has 0 saturated carbocycles. The van der Waals surface area contributed by atoms with Crippen LogP contribution in [0.4, 0.5) is 4.39 Å². The van der Waals surface area contributed by atoms with Crippen molar-refractivity contribution in [3.63, 3.8) is 0 Å². The second-order valence-corrected chi connectivity index (χ2v) is 8.67. The van der Waals surface area contributed by atoms with Crippen LogP contribution in [0.25, 0.3) is 10.6 Å². The average Bonchev–Trinajstić information content (AvgIpc) is 3.23. The average molecular weight is 408 g/mol. The number of fused-ring (bicyclic) bond motifs is 1. The number of hydrogen-bond acceptors (Lipinski definition) is 6. The molecule has 5 nitrogen and oxygen atoms in total. The first-order valence-corrected chi connectivity index (χ1v) is 10.9. The molecule has 0 aliphatic carbocycles. The summed E-state index contributed by atoms with van der Waals surface area (Å²) in [6, 6.07) is 6.51. The Bertz CT molecular complexity index is 1040. The van der Waals surface area contributed by atoms with Crippen LogP contribution in [0.5, 0.6) is 0 Å². The number of benzene rings is 1. The van der Waals surface area contributed by atoms with Gasteiger partial charge in [-0.1, -0.05) is 0 Å². The number of nitrogens with zero attached hydrogens (tertiary/aromatic N) is 5. The molecule has 5 rings (SSSR count). The number of hydrogen-bond donors (Lipinski definition) is 0. The highest BCUT2D eigenvalue weighted by Gasteiger charge is 2.21. The highest BCUT2D eigenvalue weighted by molar-refractivity contribution is 7.15. The third-order valence-electron chi connectivity index (χ3n) is 5.42. The molecule has 0 unspecified atom stereocenters. The number of aromatic nitrogens is 3. The van der Waals surface area contributed by atoms with Crippen LogP contribution in [0.3, 0.4) is 0 Å². The van der Waals surface area contributed by atoms with Crippen molar-refractivity contribution < 1.29 is 4.39 Å². The molecule has 0 saturated heterocycles. The minimum absolute atomic E-state index is 0.224. The number of aliphatic imine (C=N–C) groups is 1. The van der Waals surface area contributed by atoms with Crippen molar-refractivity contribution in [3.8, 4) is 10.6 Å². The lowest BCUT2D eigenvalue weighted by atomic mass is 10.1. The Kier molecular flexibility index (Phi) is 5.16. The van der Waals surface area contributed by atoms with Gasteiger partial charge in [0.15, 0.2) is 5.82 Å². The van der Waals surface area contributed by atoms with E-state index in [9.17, 15) is 4.39 Å². The molecule has 0 amide bonds. The maximum absolute atomic E-state index is 13.1. The largest absolute Gasteiger partial charge is 0.293 e. The molecule has 1 aromatic carbocycles. The molecule has 2 aromatic heterocycles. The maximum Gasteiger partial charge on any atom is 0.173 e. The Morgan fingerprint density at radius 3 is 2.76 bits per heavy atom. The molecule has 0 bridgehead atoms. The first-order chi connectivity index (χ1) is 14.2. The molecule has 3 aromatic rings. The molecule has 0 atom stereocenters. The molecular formula is C22H22FN5S. The van der Waals surface area contributed by atoms with E-state index in [1.165, 1.54) is 35.4 Å².